The molecule has 0 amide bonds. The molecule has 2 heterocycles. The maximum atomic E-state index is 7.82. The Morgan fingerprint density at radius 1 is 0.441 bits per heavy atom. The smallest absolute Gasteiger partial charge is 0.188 e. The van der Waals surface area contributed by atoms with Crippen molar-refractivity contribution >= 4 is 38.8 Å². The zero-order valence-corrected chi connectivity index (χ0v) is 31.9. The minimum absolute atomic E-state index is 0.545. The molecule has 6 heteroatoms. The van der Waals surface area contributed by atoms with Crippen molar-refractivity contribution in [2.45, 2.75) is 12.8 Å². The van der Waals surface area contributed by atoms with Crippen LogP contribution in [-0.4, -0.2) is 19.5 Å². The molecule has 0 saturated heterocycles. The number of rotatable bonds is 7. The van der Waals surface area contributed by atoms with Gasteiger partial charge in [-0.2, -0.15) is 0 Å². The SMILES string of the molecule is [C-]#[N+]c1ccc2c(c1)c1cc([N+]#[C-])ccc1n2-c1c(-c2ccccc2)cc(-c2nc(-c3ccccc3)nc(-c3ccc(C4=CCCC=C4)cc3)n2)cc1-c1ccccc1. The Hall–Kier alpha value is -8.19. The summed E-state index contributed by atoms with van der Waals surface area (Å²) < 4.78 is 2.29. The highest BCUT2D eigenvalue weighted by Gasteiger charge is 2.23. The molecule has 0 radical (unpaired) electrons. The van der Waals surface area contributed by atoms with E-state index < -0.39 is 0 Å². The monoisotopic (exact) mass is 754 g/mol. The van der Waals surface area contributed by atoms with Gasteiger partial charge in [0.1, 0.15) is 0 Å². The van der Waals surface area contributed by atoms with Gasteiger partial charge >= 0.3 is 0 Å². The highest BCUT2D eigenvalue weighted by molar-refractivity contribution is 6.12. The normalized spacial score (nSPS) is 12.3. The summed E-state index contributed by atoms with van der Waals surface area (Å²) in [5, 5.41) is 1.83. The molecule has 0 saturated carbocycles. The Labute approximate surface area is 342 Å². The third-order valence-corrected chi connectivity index (χ3v) is 10.9. The maximum absolute atomic E-state index is 7.82. The van der Waals surface area contributed by atoms with Crippen LogP contribution in [0.15, 0.2) is 182 Å². The van der Waals surface area contributed by atoms with Crippen LogP contribution in [0.1, 0.15) is 18.4 Å². The number of hydrogen-bond donors (Lipinski definition) is 0. The summed E-state index contributed by atoms with van der Waals surface area (Å²) in [6.45, 7) is 15.6. The maximum Gasteiger partial charge on any atom is 0.188 e. The number of nitrogens with zero attached hydrogens (tertiary/aromatic N) is 6. The Balaban J connectivity index is 1.26. The minimum Gasteiger partial charge on any atom is -0.308 e. The molecular weight excluding hydrogens is 721 g/mol. The van der Waals surface area contributed by atoms with Crippen molar-refractivity contribution in [1.82, 2.24) is 19.5 Å². The average molecular weight is 755 g/mol. The van der Waals surface area contributed by atoms with Gasteiger partial charge in [-0.25, -0.2) is 24.6 Å². The Bertz CT molecular complexity index is 3070. The second kappa shape index (κ2) is 15.0. The van der Waals surface area contributed by atoms with E-state index in [1.165, 1.54) is 11.1 Å². The van der Waals surface area contributed by atoms with Gasteiger partial charge in [0.25, 0.3) is 0 Å². The Kier molecular flexibility index (Phi) is 8.99. The van der Waals surface area contributed by atoms with Gasteiger partial charge in [-0.1, -0.05) is 146 Å². The van der Waals surface area contributed by atoms with E-state index in [1.807, 2.05) is 78.9 Å². The lowest BCUT2D eigenvalue weighted by Crippen LogP contribution is -2.04. The molecule has 1 aliphatic carbocycles. The van der Waals surface area contributed by atoms with Gasteiger partial charge in [0.2, 0.25) is 0 Å². The van der Waals surface area contributed by atoms with Crippen molar-refractivity contribution in [3.63, 3.8) is 0 Å². The van der Waals surface area contributed by atoms with Gasteiger partial charge < -0.3 is 4.57 Å². The molecule has 276 valence electrons. The van der Waals surface area contributed by atoms with Crippen LogP contribution in [0.2, 0.25) is 0 Å². The van der Waals surface area contributed by atoms with E-state index in [1.54, 1.807) is 0 Å². The van der Waals surface area contributed by atoms with E-state index in [4.69, 9.17) is 28.1 Å². The summed E-state index contributed by atoms with van der Waals surface area (Å²) in [4.78, 5) is 23.0. The molecule has 6 nitrogen and oxygen atoms in total. The Morgan fingerprint density at radius 3 is 1.37 bits per heavy atom. The lowest BCUT2D eigenvalue weighted by atomic mass is 9.92. The van der Waals surface area contributed by atoms with Crippen molar-refractivity contribution in [2.24, 2.45) is 0 Å². The van der Waals surface area contributed by atoms with E-state index in [-0.39, 0.29) is 0 Å². The molecule has 9 aromatic rings. The van der Waals surface area contributed by atoms with E-state index in [2.05, 4.69) is 117 Å². The lowest BCUT2D eigenvalue weighted by molar-refractivity contribution is 1.04. The molecule has 0 unspecified atom stereocenters. The molecule has 1 aliphatic rings. The zero-order chi connectivity index (χ0) is 39.7. The average Bonchev–Trinajstić information content (AvgIpc) is 3.64. The van der Waals surface area contributed by atoms with E-state index >= 15 is 0 Å². The highest BCUT2D eigenvalue weighted by atomic mass is 15.0. The van der Waals surface area contributed by atoms with Gasteiger partial charge in [-0.3, -0.25) is 0 Å². The zero-order valence-electron chi connectivity index (χ0n) is 31.9. The van der Waals surface area contributed by atoms with Crippen molar-refractivity contribution in [1.29, 1.82) is 0 Å². The third-order valence-electron chi connectivity index (χ3n) is 10.9. The van der Waals surface area contributed by atoms with Crippen LogP contribution in [0.4, 0.5) is 11.4 Å². The van der Waals surface area contributed by atoms with Crippen LogP contribution in [-0.2, 0) is 0 Å². The van der Waals surface area contributed by atoms with Crippen LogP contribution in [0.25, 0.3) is 99.2 Å². The molecular formula is C53H34N6. The van der Waals surface area contributed by atoms with Gasteiger partial charge in [0.05, 0.1) is 29.9 Å². The standard InChI is InChI=1S/C53H34N6/c1-54-42-27-29-48-46(33-42)47-34-43(55-2)28-30-49(47)59(48)50-44(37-17-9-4-10-18-37)31-41(32-45(50)38-19-11-5-12-20-38)53-57-51(39-21-13-6-14-22-39)56-52(58-53)40-25-23-36(24-26-40)35-15-7-3-8-16-35/h4-7,9-34H,3,8H2. The summed E-state index contributed by atoms with van der Waals surface area (Å²) in [6, 6.07) is 55.4. The Morgan fingerprint density at radius 2 is 0.898 bits per heavy atom. The molecule has 7 aromatic carbocycles. The number of allylic oxidation sites excluding steroid dienone is 4. The van der Waals surface area contributed by atoms with Crippen LogP contribution in [0.3, 0.4) is 0 Å². The first kappa shape index (κ1) is 35.2. The summed E-state index contributed by atoms with van der Waals surface area (Å²) >= 11 is 0. The number of hydrogen-bond acceptors (Lipinski definition) is 3. The largest absolute Gasteiger partial charge is 0.308 e. The van der Waals surface area contributed by atoms with Crippen molar-refractivity contribution < 1.29 is 0 Å². The first-order valence-electron chi connectivity index (χ1n) is 19.6. The molecule has 0 fully saturated rings. The summed E-state index contributed by atoms with van der Waals surface area (Å²) in [7, 11) is 0. The number of benzene rings is 7. The molecule has 0 spiro atoms. The fourth-order valence-corrected chi connectivity index (χ4v) is 8.05. The molecule has 2 aromatic heterocycles. The summed E-state index contributed by atoms with van der Waals surface area (Å²) in [5.74, 6) is 1.74. The third kappa shape index (κ3) is 6.55. The quantitative estimate of drug-likeness (QED) is 0.152. The van der Waals surface area contributed by atoms with Crippen LogP contribution in [0.5, 0.6) is 0 Å². The van der Waals surface area contributed by atoms with E-state index in [0.29, 0.717) is 28.8 Å². The fourth-order valence-electron chi connectivity index (χ4n) is 8.05. The van der Waals surface area contributed by atoms with Gasteiger partial charge in [0.15, 0.2) is 28.8 Å². The molecule has 0 N–H and O–H groups in total. The van der Waals surface area contributed by atoms with E-state index in [0.717, 1.165) is 79.3 Å². The van der Waals surface area contributed by atoms with Gasteiger partial charge in [0, 0.05) is 27.8 Å². The molecule has 0 aliphatic heterocycles. The second-order valence-corrected chi connectivity index (χ2v) is 14.5. The summed E-state index contributed by atoms with van der Waals surface area (Å²) in [5.41, 5.74) is 13.0. The second-order valence-electron chi connectivity index (χ2n) is 14.5. The topological polar surface area (TPSA) is 52.3 Å². The lowest BCUT2D eigenvalue weighted by Gasteiger charge is -2.21. The van der Waals surface area contributed by atoms with Crippen molar-refractivity contribution in [2.75, 3.05) is 0 Å². The molecule has 59 heavy (non-hydrogen) atoms. The van der Waals surface area contributed by atoms with Crippen molar-refractivity contribution in [3.05, 3.63) is 210 Å². The number of fused-ring (bicyclic) bond motifs is 3. The number of aromatic nitrogens is 4. The minimum atomic E-state index is 0.545. The predicted molar refractivity (Wildman–Crippen MR) is 240 cm³/mol. The van der Waals surface area contributed by atoms with Gasteiger partial charge in [-0.05, 0) is 82.3 Å². The van der Waals surface area contributed by atoms with Crippen molar-refractivity contribution in [3.8, 4) is 62.1 Å². The highest BCUT2D eigenvalue weighted by Crippen LogP contribution is 2.45. The first-order chi connectivity index (χ1) is 29.1. The fraction of sp³-hybridized carbons (Fsp3) is 0.0377. The summed E-state index contributed by atoms with van der Waals surface area (Å²) in [6.07, 6.45) is 8.83. The van der Waals surface area contributed by atoms with Crippen LogP contribution < -0.4 is 0 Å². The first-order valence-corrected chi connectivity index (χ1v) is 19.6. The predicted octanol–water partition coefficient (Wildman–Crippen LogP) is 14.1. The van der Waals surface area contributed by atoms with Crippen LogP contribution >= 0.6 is 0 Å². The van der Waals surface area contributed by atoms with Crippen LogP contribution in [0, 0.1) is 13.1 Å². The molecule has 10 rings (SSSR count). The molecule has 0 bridgehead atoms. The van der Waals surface area contributed by atoms with Gasteiger partial charge in [-0.15, -0.1) is 0 Å². The van der Waals surface area contributed by atoms with E-state index in [9.17, 15) is 0 Å². The molecule has 0 atom stereocenters.